The molecule has 1 heterocycles. The molecule has 116 valence electrons. The number of rotatable bonds is 4. The molecule has 1 saturated heterocycles. The predicted octanol–water partition coefficient (Wildman–Crippen LogP) is 3.95. The summed E-state index contributed by atoms with van der Waals surface area (Å²) in [5.74, 6) is 0.683. The number of hydrogen-bond donors (Lipinski definition) is 2. The Labute approximate surface area is 136 Å². The topological polar surface area (TPSA) is 41.1 Å². The number of hydrogen-bond acceptors (Lipinski definition) is 2. The van der Waals surface area contributed by atoms with Crippen LogP contribution in [0, 0.1) is 5.92 Å². The van der Waals surface area contributed by atoms with Crippen LogP contribution < -0.4 is 10.6 Å². The molecule has 0 saturated carbocycles. The highest BCUT2D eigenvalue weighted by Gasteiger charge is 2.27. The first kappa shape index (κ1) is 16.6. The molecule has 0 spiro atoms. The lowest BCUT2D eigenvalue weighted by molar-refractivity contribution is -0.124. The smallest absolute Gasteiger partial charge is 0.237 e. The fourth-order valence-electron chi connectivity index (χ4n) is 2.81. The van der Waals surface area contributed by atoms with Crippen LogP contribution in [-0.4, -0.2) is 18.5 Å². The zero-order valence-corrected chi connectivity index (χ0v) is 14.0. The summed E-state index contributed by atoms with van der Waals surface area (Å²) in [7, 11) is 0. The fourth-order valence-corrected chi connectivity index (χ4v) is 3.38. The van der Waals surface area contributed by atoms with E-state index in [-0.39, 0.29) is 18.0 Å². The minimum Gasteiger partial charge on any atom is -0.348 e. The summed E-state index contributed by atoms with van der Waals surface area (Å²) in [5, 5.41) is 7.52. The van der Waals surface area contributed by atoms with Gasteiger partial charge in [0.2, 0.25) is 5.91 Å². The Hall–Kier alpha value is -0.770. The van der Waals surface area contributed by atoms with Gasteiger partial charge in [-0.05, 0) is 49.9 Å². The highest BCUT2D eigenvalue weighted by molar-refractivity contribution is 6.35. The molecule has 1 aromatic rings. The first-order chi connectivity index (χ1) is 10.0. The minimum absolute atomic E-state index is 0.0478. The molecule has 2 N–H and O–H groups in total. The summed E-state index contributed by atoms with van der Waals surface area (Å²) in [4.78, 5) is 12.4. The first-order valence-electron chi connectivity index (χ1n) is 7.50. The van der Waals surface area contributed by atoms with Crippen LogP contribution in [0.5, 0.6) is 0 Å². The molecular formula is C16H22Cl2N2O. The highest BCUT2D eigenvalue weighted by Crippen LogP contribution is 2.26. The number of carbonyl (C=O) groups is 1. The van der Waals surface area contributed by atoms with E-state index in [1.165, 1.54) is 0 Å². The van der Waals surface area contributed by atoms with Crippen molar-refractivity contribution in [2.24, 2.45) is 5.92 Å². The molecule has 5 heteroatoms. The van der Waals surface area contributed by atoms with Gasteiger partial charge in [-0.2, -0.15) is 0 Å². The molecule has 1 amide bonds. The average Bonchev–Trinajstić information content (AvgIpc) is 2.47. The zero-order chi connectivity index (χ0) is 15.4. The van der Waals surface area contributed by atoms with Gasteiger partial charge in [0.05, 0.1) is 12.1 Å². The molecule has 2 rings (SSSR count). The monoisotopic (exact) mass is 328 g/mol. The maximum Gasteiger partial charge on any atom is 0.237 e. The van der Waals surface area contributed by atoms with Crippen molar-refractivity contribution in [3.8, 4) is 0 Å². The molecule has 0 bridgehead atoms. The molecular weight excluding hydrogens is 307 g/mol. The van der Waals surface area contributed by atoms with E-state index in [2.05, 4.69) is 17.6 Å². The fraction of sp³-hybridized carbons (Fsp3) is 0.562. The maximum absolute atomic E-state index is 12.4. The molecule has 1 aromatic carbocycles. The Morgan fingerprint density at radius 3 is 2.90 bits per heavy atom. The van der Waals surface area contributed by atoms with Crippen molar-refractivity contribution in [3.05, 3.63) is 33.8 Å². The molecule has 0 aromatic heterocycles. The van der Waals surface area contributed by atoms with Crippen LogP contribution in [0.2, 0.25) is 10.0 Å². The average molecular weight is 329 g/mol. The lowest BCUT2D eigenvalue weighted by atomic mass is 9.90. The van der Waals surface area contributed by atoms with Gasteiger partial charge < -0.3 is 10.6 Å². The van der Waals surface area contributed by atoms with E-state index in [0.717, 1.165) is 31.4 Å². The van der Waals surface area contributed by atoms with E-state index in [9.17, 15) is 4.79 Å². The van der Waals surface area contributed by atoms with Crippen LogP contribution in [0.3, 0.4) is 0 Å². The van der Waals surface area contributed by atoms with Gasteiger partial charge in [0, 0.05) is 10.0 Å². The Kier molecular flexibility index (Phi) is 5.91. The zero-order valence-electron chi connectivity index (χ0n) is 12.5. The van der Waals surface area contributed by atoms with E-state index in [1.54, 1.807) is 12.1 Å². The molecule has 3 atom stereocenters. The molecule has 1 aliphatic rings. The van der Waals surface area contributed by atoms with Gasteiger partial charge in [-0.15, -0.1) is 0 Å². The molecule has 3 nitrogen and oxygen atoms in total. The number of benzene rings is 1. The van der Waals surface area contributed by atoms with Crippen molar-refractivity contribution < 1.29 is 4.79 Å². The Bertz CT molecular complexity index is 507. The Balaban J connectivity index is 1.98. The highest BCUT2D eigenvalue weighted by atomic mass is 35.5. The van der Waals surface area contributed by atoms with E-state index in [1.807, 2.05) is 13.0 Å². The predicted molar refractivity (Wildman–Crippen MR) is 87.8 cm³/mol. The lowest BCUT2D eigenvalue weighted by Gasteiger charge is -2.30. The number of piperidine rings is 1. The maximum atomic E-state index is 12.4. The Morgan fingerprint density at radius 1 is 1.48 bits per heavy atom. The van der Waals surface area contributed by atoms with Crippen molar-refractivity contribution in [2.75, 3.05) is 6.54 Å². The molecule has 1 fully saturated rings. The van der Waals surface area contributed by atoms with Crippen LogP contribution in [0.1, 0.15) is 44.7 Å². The number of nitrogens with one attached hydrogen (secondary N) is 2. The summed E-state index contributed by atoms with van der Waals surface area (Å²) < 4.78 is 0. The van der Waals surface area contributed by atoms with Gasteiger partial charge in [-0.3, -0.25) is 4.79 Å². The second kappa shape index (κ2) is 7.48. The standard InChI is InChI=1S/C16H22Cl2N2O/c1-3-11-6-7-19-15(8-11)16(21)20-10(2)13-5-4-12(17)9-14(13)18/h4-5,9-11,15,19H,3,6-8H2,1-2H3,(H,20,21). The van der Waals surface area contributed by atoms with Gasteiger partial charge in [-0.25, -0.2) is 0 Å². The van der Waals surface area contributed by atoms with Gasteiger partial charge in [0.1, 0.15) is 0 Å². The van der Waals surface area contributed by atoms with E-state index >= 15 is 0 Å². The number of carbonyl (C=O) groups excluding carboxylic acids is 1. The van der Waals surface area contributed by atoms with Gasteiger partial charge in [0.25, 0.3) is 0 Å². The molecule has 1 aliphatic heterocycles. The second-order valence-corrected chi connectivity index (χ2v) is 6.55. The van der Waals surface area contributed by atoms with Crippen LogP contribution in [-0.2, 0) is 4.79 Å². The second-order valence-electron chi connectivity index (χ2n) is 5.70. The molecule has 0 aliphatic carbocycles. The summed E-state index contributed by atoms with van der Waals surface area (Å²) in [6, 6.07) is 5.12. The quantitative estimate of drug-likeness (QED) is 0.878. The summed E-state index contributed by atoms with van der Waals surface area (Å²) in [5.41, 5.74) is 0.886. The normalized spacial score (nSPS) is 23.6. The van der Waals surface area contributed by atoms with Crippen molar-refractivity contribution in [1.82, 2.24) is 10.6 Å². The van der Waals surface area contributed by atoms with Crippen molar-refractivity contribution in [3.63, 3.8) is 0 Å². The summed E-state index contributed by atoms with van der Waals surface area (Å²) >= 11 is 12.1. The third-order valence-corrected chi connectivity index (χ3v) is 4.76. The first-order valence-corrected chi connectivity index (χ1v) is 8.25. The summed E-state index contributed by atoms with van der Waals surface area (Å²) in [6.07, 6.45) is 3.19. The van der Waals surface area contributed by atoms with Crippen LogP contribution >= 0.6 is 23.2 Å². The molecule has 3 unspecified atom stereocenters. The SMILES string of the molecule is CCC1CCNC(C(=O)NC(C)c2ccc(Cl)cc2Cl)C1. The van der Waals surface area contributed by atoms with Crippen LogP contribution in [0.4, 0.5) is 0 Å². The number of amides is 1. The third kappa shape index (κ3) is 4.35. The van der Waals surface area contributed by atoms with Crippen molar-refractivity contribution in [1.29, 1.82) is 0 Å². The molecule has 21 heavy (non-hydrogen) atoms. The molecule has 0 radical (unpaired) electrons. The van der Waals surface area contributed by atoms with E-state index < -0.39 is 0 Å². The van der Waals surface area contributed by atoms with Crippen molar-refractivity contribution in [2.45, 2.75) is 45.2 Å². The third-order valence-electron chi connectivity index (χ3n) is 4.19. The largest absolute Gasteiger partial charge is 0.348 e. The Morgan fingerprint density at radius 2 is 2.24 bits per heavy atom. The van der Waals surface area contributed by atoms with Crippen LogP contribution in [0.15, 0.2) is 18.2 Å². The van der Waals surface area contributed by atoms with E-state index in [0.29, 0.717) is 16.0 Å². The van der Waals surface area contributed by atoms with Gasteiger partial charge in [0.15, 0.2) is 0 Å². The summed E-state index contributed by atoms with van der Waals surface area (Å²) in [6.45, 7) is 5.03. The van der Waals surface area contributed by atoms with Gasteiger partial charge in [-0.1, -0.05) is 42.6 Å². The number of halogens is 2. The van der Waals surface area contributed by atoms with Gasteiger partial charge >= 0.3 is 0 Å². The van der Waals surface area contributed by atoms with E-state index in [4.69, 9.17) is 23.2 Å². The lowest BCUT2D eigenvalue weighted by Crippen LogP contribution is -2.49. The van der Waals surface area contributed by atoms with Crippen molar-refractivity contribution >= 4 is 29.1 Å². The minimum atomic E-state index is -0.133. The van der Waals surface area contributed by atoms with Crippen LogP contribution in [0.25, 0.3) is 0 Å².